The zero-order valence-electron chi connectivity index (χ0n) is 22.0. The summed E-state index contributed by atoms with van der Waals surface area (Å²) in [4.78, 5) is 49.3. The minimum atomic E-state index is -0.644. The first-order chi connectivity index (χ1) is 17.7. The van der Waals surface area contributed by atoms with Gasteiger partial charge in [-0.1, -0.05) is 43.0 Å². The number of ether oxygens (including phenoxy) is 1. The van der Waals surface area contributed by atoms with E-state index in [1.54, 1.807) is 35.9 Å². The number of hydrogen-bond donors (Lipinski definition) is 0. The van der Waals surface area contributed by atoms with E-state index >= 15 is 0 Å². The van der Waals surface area contributed by atoms with Crippen LogP contribution in [0.25, 0.3) is 16.7 Å². The molecule has 0 bridgehead atoms. The summed E-state index contributed by atoms with van der Waals surface area (Å²) in [6.45, 7) is 10.1. The van der Waals surface area contributed by atoms with Gasteiger partial charge in [0, 0.05) is 18.3 Å². The topological polar surface area (TPSA) is 95.0 Å². The van der Waals surface area contributed by atoms with E-state index in [0.717, 1.165) is 36.0 Å². The third-order valence-electron chi connectivity index (χ3n) is 6.26. The average Bonchev–Trinajstić information content (AvgIpc) is 2.85. The molecule has 3 heterocycles. The Morgan fingerprint density at radius 1 is 1.00 bits per heavy atom. The Bertz CT molecular complexity index is 1630. The minimum absolute atomic E-state index is 0.0649. The van der Waals surface area contributed by atoms with Gasteiger partial charge >= 0.3 is 5.97 Å². The summed E-state index contributed by atoms with van der Waals surface area (Å²) in [6.07, 6.45) is 4.32. The van der Waals surface area contributed by atoms with Gasteiger partial charge in [-0.2, -0.15) is 4.99 Å². The average molecular weight is 501 g/mol. The number of pyridine rings is 2. The maximum Gasteiger partial charge on any atom is 0.341 e. The lowest BCUT2D eigenvalue weighted by atomic mass is 10.1. The second-order valence-corrected chi connectivity index (χ2v) is 9.29. The van der Waals surface area contributed by atoms with Gasteiger partial charge in [0.05, 0.1) is 12.0 Å². The van der Waals surface area contributed by atoms with Gasteiger partial charge in [-0.25, -0.2) is 9.78 Å². The van der Waals surface area contributed by atoms with Crippen LogP contribution in [0.4, 0.5) is 0 Å². The van der Waals surface area contributed by atoms with Crippen LogP contribution in [-0.2, 0) is 11.3 Å². The Morgan fingerprint density at radius 2 is 1.73 bits per heavy atom. The first kappa shape index (κ1) is 26.0. The van der Waals surface area contributed by atoms with Crippen molar-refractivity contribution in [1.29, 1.82) is 0 Å². The number of rotatable bonds is 7. The molecule has 0 radical (unpaired) electrons. The van der Waals surface area contributed by atoms with Crippen LogP contribution in [0.2, 0.25) is 0 Å². The Labute approximate surface area is 215 Å². The lowest BCUT2D eigenvalue weighted by Crippen LogP contribution is -2.33. The first-order valence-corrected chi connectivity index (χ1v) is 12.6. The van der Waals surface area contributed by atoms with E-state index in [2.05, 4.69) is 11.9 Å². The molecule has 0 saturated carbocycles. The van der Waals surface area contributed by atoms with Gasteiger partial charge in [-0.15, -0.1) is 0 Å². The quantitative estimate of drug-likeness (QED) is 0.209. The molecule has 0 saturated heterocycles. The van der Waals surface area contributed by atoms with Gasteiger partial charge in [0.1, 0.15) is 16.9 Å². The summed E-state index contributed by atoms with van der Waals surface area (Å²) < 4.78 is 8.52. The molecule has 4 aromatic rings. The number of aromatic nitrogens is 3. The van der Waals surface area contributed by atoms with Gasteiger partial charge in [0.25, 0.3) is 11.5 Å². The fourth-order valence-corrected chi connectivity index (χ4v) is 4.56. The molecule has 1 aromatic carbocycles. The highest BCUT2D eigenvalue weighted by molar-refractivity contribution is 5.97. The van der Waals surface area contributed by atoms with Crippen LogP contribution in [0.15, 0.2) is 52.4 Å². The van der Waals surface area contributed by atoms with Gasteiger partial charge in [0.2, 0.25) is 0 Å². The third-order valence-corrected chi connectivity index (χ3v) is 6.26. The van der Waals surface area contributed by atoms with E-state index in [0.29, 0.717) is 23.4 Å². The molecule has 0 spiro atoms. The minimum Gasteiger partial charge on any atom is -0.462 e. The van der Waals surface area contributed by atoms with Crippen molar-refractivity contribution in [3.8, 4) is 0 Å². The summed E-state index contributed by atoms with van der Waals surface area (Å²) in [7, 11) is 0. The lowest BCUT2D eigenvalue weighted by molar-refractivity contribution is 0.0523. The van der Waals surface area contributed by atoms with Crippen LogP contribution in [-0.4, -0.2) is 32.4 Å². The largest absolute Gasteiger partial charge is 0.462 e. The highest BCUT2D eigenvalue weighted by Crippen LogP contribution is 2.15. The molecule has 0 fully saturated rings. The molecule has 0 aliphatic carbocycles. The van der Waals surface area contributed by atoms with Crippen molar-refractivity contribution < 1.29 is 14.3 Å². The van der Waals surface area contributed by atoms with Crippen molar-refractivity contribution in [2.45, 2.75) is 60.4 Å². The number of benzene rings is 1. The number of hydrogen-bond acceptors (Lipinski definition) is 5. The molecular weight excluding hydrogens is 468 g/mol. The number of carbonyl (C=O) groups excluding carboxylic acids is 2. The molecule has 0 unspecified atom stereocenters. The lowest BCUT2D eigenvalue weighted by Gasteiger charge is -2.15. The SMILES string of the molecule is CCCCCn1c(=NC(=O)c2cc(C)cc(C)c2)c(C(=O)OCC)cc2c(=O)n3cccc(C)c3nc21. The summed E-state index contributed by atoms with van der Waals surface area (Å²) in [5.41, 5.74) is 3.95. The molecule has 0 N–H and O–H groups in total. The summed E-state index contributed by atoms with van der Waals surface area (Å²) in [5, 5.41) is 0.264. The normalized spacial score (nSPS) is 11.9. The van der Waals surface area contributed by atoms with E-state index in [1.165, 1.54) is 10.5 Å². The Hall–Kier alpha value is -4.07. The number of fused-ring (bicyclic) bond motifs is 2. The molecule has 3 aromatic heterocycles. The molecule has 1 amide bonds. The predicted molar refractivity (Wildman–Crippen MR) is 143 cm³/mol. The summed E-state index contributed by atoms with van der Waals surface area (Å²) in [6, 6.07) is 10.6. The van der Waals surface area contributed by atoms with Gasteiger partial charge < -0.3 is 9.30 Å². The second-order valence-electron chi connectivity index (χ2n) is 9.29. The molecule has 4 rings (SSSR count). The van der Waals surface area contributed by atoms with E-state index < -0.39 is 11.9 Å². The number of amides is 1. The van der Waals surface area contributed by atoms with E-state index in [9.17, 15) is 14.4 Å². The van der Waals surface area contributed by atoms with Crippen LogP contribution >= 0.6 is 0 Å². The molecule has 8 heteroatoms. The van der Waals surface area contributed by atoms with E-state index in [4.69, 9.17) is 9.72 Å². The standard InChI is InChI=1S/C29H32N4O4/c1-6-8-9-12-32-25-22(28(35)33-13-10-11-20(5)24(33)30-25)17-23(29(36)37-7-2)26(32)31-27(34)21-15-18(3)14-19(4)16-21/h10-11,13-17H,6-9,12H2,1-5H3. The van der Waals surface area contributed by atoms with Gasteiger partial charge in [-0.05, 0) is 63.9 Å². The molecule has 192 valence electrons. The third kappa shape index (κ3) is 5.23. The van der Waals surface area contributed by atoms with Crippen LogP contribution < -0.4 is 11.0 Å². The zero-order chi connectivity index (χ0) is 26.7. The molecule has 37 heavy (non-hydrogen) atoms. The second kappa shape index (κ2) is 10.9. The van der Waals surface area contributed by atoms with Crippen molar-refractivity contribution >= 4 is 28.6 Å². The molecule has 0 atom stereocenters. The summed E-state index contributed by atoms with van der Waals surface area (Å²) >= 11 is 0. The Morgan fingerprint density at radius 3 is 2.41 bits per heavy atom. The van der Waals surface area contributed by atoms with Crippen LogP contribution in [0, 0.1) is 20.8 Å². The number of nitrogens with zero attached hydrogens (tertiary/aromatic N) is 4. The highest BCUT2D eigenvalue weighted by atomic mass is 16.5. The smallest absolute Gasteiger partial charge is 0.341 e. The maximum absolute atomic E-state index is 13.5. The molecular formula is C29H32N4O4. The van der Waals surface area contributed by atoms with Gasteiger partial charge in [-0.3, -0.25) is 14.0 Å². The van der Waals surface area contributed by atoms with E-state index in [1.807, 2.05) is 32.9 Å². The fourth-order valence-electron chi connectivity index (χ4n) is 4.56. The van der Waals surface area contributed by atoms with Crippen molar-refractivity contribution in [3.63, 3.8) is 0 Å². The predicted octanol–water partition coefficient (Wildman–Crippen LogP) is 4.68. The number of aryl methyl sites for hydroxylation is 4. The monoisotopic (exact) mass is 500 g/mol. The van der Waals surface area contributed by atoms with Crippen LogP contribution in [0.3, 0.4) is 0 Å². The Kier molecular flexibility index (Phi) is 7.66. The molecule has 0 aliphatic rings. The first-order valence-electron chi connectivity index (χ1n) is 12.6. The van der Waals surface area contributed by atoms with Crippen molar-refractivity contribution in [2.75, 3.05) is 6.61 Å². The molecule has 0 aliphatic heterocycles. The Balaban J connectivity index is 2.12. The number of carbonyl (C=O) groups is 2. The number of esters is 1. The zero-order valence-corrected chi connectivity index (χ0v) is 22.0. The van der Waals surface area contributed by atoms with Crippen LogP contribution in [0.5, 0.6) is 0 Å². The summed E-state index contributed by atoms with van der Waals surface area (Å²) in [5.74, 6) is -1.12. The van der Waals surface area contributed by atoms with Crippen LogP contribution in [0.1, 0.15) is 70.5 Å². The van der Waals surface area contributed by atoms with Gasteiger partial charge in [0.15, 0.2) is 5.49 Å². The highest BCUT2D eigenvalue weighted by Gasteiger charge is 2.20. The fraction of sp³-hybridized carbons (Fsp3) is 0.345. The van der Waals surface area contributed by atoms with Crippen molar-refractivity contribution in [2.24, 2.45) is 4.99 Å². The molecule has 8 nitrogen and oxygen atoms in total. The maximum atomic E-state index is 13.5. The van der Waals surface area contributed by atoms with Crippen molar-refractivity contribution in [3.05, 3.63) is 86.3 Å². The van der Waals surface area contributed by atoms with Crippen molar-refractivity contribution in [1.82, 2.24) is 14.0 Å². The van der Waals surface area contributed by atoms with E-state index in [-0.39, 0.29) is 28.6 Å². The number of unbranched alkanes of at least 4 members (excludes halogenated alkanes) is 2.